The van der Waals surface area contributed by atoms with E-state index >= 15 is 0 Å². The highest BCUT2D eigenvalue weighted by Gasteiger charge is 2.13. The van der Waals surface area contributed by atoms with Gasteiger partial charge in [-0.3, -0.25) is 4.79 Å². The normalized spacial score (nSPS) is 11.9. The molecular formula is C13H18FNO3S. The van der Waals surface area contributed by atoms with Gasteiger partial charge in [0.1, 0.15) is 6.04 Å². The Morgan fingerprint density at radius 1 is 1.47 bits per heavy atom. The molecule has 4 nitrogen and oxygen atoms in total. The average Bonchev–Trinajstić information content (AvgIpc) is 2.40. The van der Waals surface area contributed by atoms with Crippen LogP contribution < -0.4 is 10.5 Å². The molecule has 0 spiro atoms. The zero-order valence-electron chi connectivity index (χ0n) is 10.8. The summed E-state index contributed by atoms with van der Waals surface area (Å²) in [7, 11) is 0. The van der Waals surface area contributed by atoms with Crippen molar-refractivity contribution in [1.29, 1.82) is 0 Å². The maximum Gasteiger partial charge on any atom is 0.323 e. The van der Waals surface area contributed by atoms with Crippen LogP contribution in [0.4, 0.5) is 4.39 Å². The molecule has 0 aromatic heterocycles. The van der Waals surface area contributed by atoms with Gasteiger partial charge in [-0.15, -0.1) is 0 Å². The van der Waals surface area contributed by atoms with Gasteiger partial charge < -0.3 is 15.2 Å². The molecule has 0 fully saturated rings. The summed E-state index contributed by atoms with van der Waals surface area (Å²) in [6, 6.07) is 5.61. The molecule has 1 atom stereocenters. The molecule has 19 heavy (non-hydrogen) atoms. The number of carbonyl (C=O) groups is 1. The van der Waals surface area contributed by atoms with E-state index in [9.17, 15) is 9.18 Å². The Morgan fingerprint density at radius 2 is 2.21 bits per heavy atom. The van der Waals surface area contributed by atoms with Crippen LogP contribution in [0, 0.1) is 5.82 Å². The second-order valence-electron chi connectivity index (χ2n) is 3.71. The quantitative estimate of drug-likeness (QED) is 0.584. The monoisotopic (exact) mass is 287 g/mol. The lowest BCUT2D eigenvalue weighted by atomic mass is 10.3. The Labute approximate surface area is 116 Å². The van der Waals surface area contributed by atoms with Crippen LogP contribution in [0.2, 0.25) is 0 Å². The summed E-state index contributed by atoms with van der Waals surface area (Å²) in [4.78, 5) is 11.2. The minimum atomic E-state index is -0.626. The van der Waals surface area contributed by atoms with Crippen LogP contribution >= 0.6 is 11.8 Å². The van der Waals surface area contributed by atoms with Crippen molar-refractivity contribution in [2.24, 2.45) is 5.73 Å². The van der Waals surface area contributed by atoms with Crippen molar-refractivity contribution >= 4 is 17.7 Å². The molecule has 1 rings (SSSR count). The summed E-state index contributed by atoms with van der Waals surface area (Å²) < 4.78 is 23.3. The first-order chi connectivity index (χ1) is 9.15. The van der Waals surface area contributed by atoms with E-state index in [0.29, 0.717) is 24.7 Å². The SMILES string of the molecule is CCOC(=O)C(N)CSCCOc1ccccc1F. The first-order valence-electron chi connectivity index (χ1n) is 6.02. The smallest absolute Gasteiger partial charge is 0.323 e. The molecule has 0 bridgehead atoms. The number of rotatable bonds is 8. The van der Waals surface area contributed by atoms with Gasteiger partial charge in [0.2, 0.25) is 0 Å². The van der Waals surface area contributed by atoms with Crippen molar-refractivity contribution < 1.29 is 18.7 Å². The number of hydrogen-bond acceptors (Lipinski definition) is 5. The number of halogens is 1. The van der Waals surface area contributed by atoms with Gasteiger partial charge in [0.05, 0.1) is 13.2 Å². The van der Waals surface area contributed by atoms with Crippen LogP contribution in [0.25, 0.3) is 0 Å². The van der Waals surface area contributed by atoms with Crippen LogP contribution in [0.1, 0.15) is 6.92 Å². The zero-order valence-corrected chi connectivity index (χ0v) is 11.6. The van der Waals surface area contributed by atoms with E-state index in [0.717, 1.165) is 0 Å². The summed E-state index contributed by atoms with van der Waals surface area (Å²) in [6.45, 7) is 2.43. The molecule has 0 saturated carbocycles. The third-order valence-corrected chi connectivity index (χ3v) is 3.26. The predicted octanol–water partition coefficient (Wildman–Crippen LogP) is 1.83. The summed E-state index contributed by atoms with van der Waals surface area (Å²) in [5.74, 6) is 0.541. The lowest BCUT2D eigenvalue weighted by Crippen LogP contribution is -2.34. The third-order valence-electron chi connectivity index (χ3n) is 2.21. The van der Waals surface area contributed by atoms with Gasteiger partial charge in [0, 0.05) is 11.5 Å². The molecule has 1 unspecified atom stereocenters. The van der Waals surface area contributed by atoms with Gasteiger partial charge in [-0.25, -0.2) is 4.39 Å². The molecule has 0 heterocycles. The minimum absolute atomic E-state index is 0.234. The Bertz CT molecular complexity index is 403. The number of benzene rings is 1. The molecule has 2 N–H and O–H groups in total. The standard InChI is InChI=1S/C13H18FNO3S/c1-2-17-13(16)11(15)9-19-8-7-18-12-6-4-3-5-10(12)14/h3-6,11H,2,7-9,15H2,1H3. The second kappa shape index (κ2) is 8.77. The Kier molecular flexibility index (Phi) is 7.28. The van der Waals surface area contributed by atoms with Gasteiger partial charge in [-0.1, -0.05) is 12.1 Å². The first kappa shape index (κ1) is 15.8. The van der Waals surface area contributed by atoms with E-state index in [1.54, 1.807) is 25.1 Å². The highest BCUT2D eigenvalue weighted by atomic mass is 32.2. The van der Waals surface area contributed by atoms with Crippen LogP contribution in [0.3, 0.4) is 0 Å². The van der Waals surface area contributed by atoms with Crippen molar-refractivity contribution in [1.82, 2.24) is 0 Å². The van der Waals surface area contributed by atoms with Crippen LogP contribution in [-0.4, -0.2) is 36.7 Å². The summed E-state index contributed by atoms with van der Waals surface area (Å²) >= 11 is 1.47. The number of nitrogens with two attached hydrogens (primary N) is 1. The van der Waals surface area contributed by atoms with Crippen molar-refractivity contribution in [2.75, 3.05) is 24.7 Å². The minimum Gasteiger partial charge on any atom is -0.490 e. The van der Waals surface area contributed by atoms with Gasteiger partial charge in [-0.05, 0) is 19.1 Å². The third kappa shape index (κ3) is 5.94. The lowest BCUT2D eigenvalue weighted by molar-refractivity contribution is -0.144. The molecule has 0 aliphatic carbocycles. The summed E-state index contributed by atoms with van der Waals surface area (Å²) in [5, 5.41) is 0. The van der Waals surface area contributed by atoms with Gasteiger partial charge >= 0.3 is 5.97 Å². The van der Waals surface area contributed by atoms with E-state index in [-0.39, 0.29) is 11.6 Å². The Hall–Kier alpha value is -1.27. The topological polar surface area (TPSA) is 61.5 Å². The number of para-hydroxylation sites is 1. The molecule has 0 radical (unpaired) electrons. The summed E-state index contributed by atoms with van der Waals surface area (Å²) in [5.41, 5.74) is 5.62. The molecule has 0 saturated heterocycles. The van der Waals surface area contributed by atoms with Gasteiger partial charge in [0.15, 0.2) is 11.6 Å². The molecule has 1 aromatic carbocycles. The van der Waals surface area contributed by atoms with Crippen molar-refractivity contribution in [3.05, 3.63) is 30.1 Å². The molecule has 6 heteroatoms. The molecule has 0 aliphatic rings. The number of hydrogen-bond donors (Lipinski definition) is 1. The molecule has 0 amide bonds. The zero-order chi connectivity index (χ0) is 14.1. The fourth-order valence-electron chi connectivity index (χ4n) is 1.30. The molecule has 1 aromatic rings. The first-order valence-corrected chi connectivity index (χ1v) is 7.18. The highest BCUT2D eigenvalue weighted by molar-refractivity contribution is 7.99. The molecular weight excluding hydrogens is 269 g/mol. The fourth-order valence-corrected chi connectivity index (χ4v) is 2.06. The molecule has 106 valence electrons. The maximum absolute atomic E-state index is 13.2. The number of ether oxygens (including phenoxy) is 2. The van der Waals surface area contributed by atoms with Gasteiger partial charge in [-0.2, -0.15) is 11.8 Å². The van der Waals surface area contributed by atoms with E-state index in [1.807, 2.05) is 0 Å². The van der Waals surface area contributed by atoms with Crippen molar-refractivity contribution in [3.63, 3.8) is 0 Å². The van der Waals surface area contributed by atoms with E-state index in [4.69, 9.17) is 15.2 Å². The number of carbonyl (C=O) groups excluding carboxylic acids is 1. The molecule has 0 aliphatic heterocycles. The van der Waals surface area contributed by atoms with Crippen LogP contribution in [0.5, 0.6) is 5.75 Å². The predicted molar refractivity (Wildman–Crippen MR) is 73.8 cm³/mol. The van der Waals surface area contributed by atoms with Gasteiger partial charge in [0.25, 0.3) is 0 Å². The van der Waals surface area contributed by atoms with E-state index < -0.39 is 12.0 Å². The Morgan fingerprint density at radius 3 is 2.89 bits per heavy atom. The van der Waals surface area contributed by atoms with Crippen molar-refractivity contribution in [3.8, 4) is 5.75 Å². The van der Waals surface area contributed by atoms with E-state index in [1.165, 1.54) is 17.8 Å². The average molecular weight is 287 g/mol. The highest BCUT2D eigenvalue weighted by Crippen LogP contribution is 2.15. The van der Waals surface area contributed by atoms with Crippen molar-refractivity contribution in [2.45, 2.75) is 13.0 Å². The maximum atomic E-state index is 13.2. The fraction of sp³-hybridized carbons (Fsp3) is 0.462. The largest absolute Gasteiger partial charge is 0.490 e. The van der Waals surface area contributed by atoms with Crippen LogP contribution in [-0.2, 0) is 9.53 Å². The van der Waals surface area contributed by atoms with E-state index in [2.05, 4.69) is 0 Å². The summed E-state index contributed by atoms with van der Waals surface area (Å²) in [6.07, 6.45) is 0. The second-order valence-corrected chi connectivity index (χ2v) is 4.86. The lowest BCUT2D eigenvalue weighted by Gasteiger charge is -2.10. The number of thioether (sulfide) groups is 1. The number of esters is 1. The van der Waals surface area contributed by atoms with Crippen LogP contribution in [0.15, 0.2) is 24.3 Å². The Balaban J connectivity index is 2.15.